The molecular weight excluding hydrogens is 292 g/mol. The Hall–Kier alpha value is -2.53. The van der Waals surface area contributed by atoms with Crippen LogP contribution >= 0.6 is 11.6 Å². The summed E-state index contributed by atoms with van der Waals surface area (Å²) >= 11 is 6.00. The lowest BCUT2D eigenvalue weighted by molar-refractivity contribution is 0.366. The first-order chi connectivity index (χ1) is 10.2. The molecule has 1 aromatic heterocycles. The molecule has 21 heavy (non-hydrogen) atoms. The van der Waals surface area contributed by atoms with Gasteiger partial charge < -0.3 is 14.6 Å². The van der Waals surface area contributed by atoms with Crippen molar-refractivity contribution in [1.29, 1.82) is 0 Å². The Kier molecular flexibility index (Phi) is 3.50. The lowest BCUT2D eigenvalue weighted by Crippen LogP contribution is -1.95. The Morgan fingerprint density at radius 3 is 2.71 bits per heavy atom. The first-order valence-corrected chi connectivity index (χ1v) is 6.50. The van der Waals surface area contributed by atoms with E-state index in [1.54, 1.807) is 24.3 Å². The Bertz CT molecular complexity index is 808. The van der Waals surface area contributed by atoms with Crippen LogP contribution in [-0.2, 0) is 0 Å². The van der Waals surface area contributed by atoms with Crippen molar-refractivity contribution in [3.63, 3.8) is 0 Å². The summed E-state index contributed by atoms with van der Waals surface area (Å²) in [5.41, 5.74) is 0. The summed E-state index contributed by atoms with van der Waals surface area (Å²) in [6, 6.07) is 10.8. The van der Waals surface area contributed by atoms with Crippen LogP contribution in [0, 0.1) is 0 Å². The first-order valence-electron chi connectivity index (χ1n) is 6.13. The van der Waals surface area contributed by atoms with Gasteiger partial charge in [0, 0.05) is 0 Å². The van der Waals surface area contributed by atoms with E-state index in [1.807, 2.05) is 12.1 Å². The number of aromatic nitrogens is 2. The maximum Gasteiger partial charge on any atom is 0.319 e. The van der Waals surface area contributed by atoms with Crippen molar-refractivity contribution in [3.05, 3.63) is 47.6 Å². The lowest BCUT2D eigenvalue weighted by Gasteiger charge is -2.08. The number of phenolic OH excluding ortho intramolecular Hbond substituents is 1. The molecule has 106 valence electrons. The minimum Gasteiger partial charge on any atom is -0.508 e. The Balaban J connectivity index is 1.97. The van der Waals surface area contributed by atoms with Gasteiger partial charge in [-0.3, -0.25) is 0 Å². The van der Waals surface area contributed by atoms with Gasteiger partial charge in [-0.15, -0.1) is 0 Å². The molecule has 0 aliphatic carbocycles. The van der Waals surface area contributed by atoms with Crippen LogP contribution in [0.5, 0.6) is 23.4 Å². The largest absolute Gasteiger partial charge is 0.508 e. The van der Waals surface area contributed by atoms with Crippen molar-refractivity contribution in [2.24, 2.45) is 0 Å². The van der Waals surface area contributed by atoms with Crippen LogP contribution in [0.25, 0.3) is 10.8 Å². The van der Waals surface area contributed by atoms with Gasteiger partial charge in [0.2, 0.25) is 5.88 Å². The van der Waals surface area contributed by atoms with Crippen molar-refractivity contribution >= 4 is 22.4 Å². The molecule has 2 aromatic carbocycles. The van der Waals surface area contributed by atoms with Crippen LogP contribution in [0.3, 0.4) is 0 Å². The Morgan fingerprint density at radius 1 is 1.10 bits per heavy atom. The van der Waals surface area contributed by atoms with Crippen molar-refractivity contribution in [1.82, 2.24) is 9.97 Å². The van der Waals surface area contributed by atoms with Gasteiger partial charge in [-0.05, 0) is 35.0 Å². The standard InChI is InChI=1S/C15H11ClN2O3/c1-20-15-17-8-13(16)14(18-15)21-12-5-3-9-2-4-11(19)6-10(9)7-12/h2-8,19H,1H3. The number of fused-ring (bicyclic) bond motifs is 1. The minimum absolute atomic E-state index is 0.174. The SMILES string of the molecule is COc1ncc(Cl)c(Oc2ccc3ccc(O)cc3c2)n1. The molecule has 0 radical (unpaired) electrons. The molecule has 3 rings (SSSR count). The molecule has 0 fully saturated rings. The van der Waals surface area contributed by atoms with Gasteiger partial charge in [0.25, 0.3) is 0 Å². The Labute approximate surface area is 125 Å². The zero-order chi connectivity index (χ0) is 14.8. The third-order valence-corrected chi connectivity index (χ3v) is 3.14. The van der Waals surface area contributed by atoms with E-state index in [0.29, 0.717) is 5.75 Å². The van der Waals surface area contributed by atoms with Gasteiger partial charge in [0.15, 0.2) is 0 Å². The summed E-state index contributed by atoms with van der Waals surface area (Å²) in [6.45, 7) is 0. The minimum atomic E-state index is 0.174. The maximum absolute atomic E-state index is 9.52. The number of hydrogen-bond acceptors (Lipinski definition) is 5. The fourth-order valence-corrected chi connectivity index (χ4v) is 2.02. The van der Waals surface area contributed by atoms with Crippen molar-refractivity contribution in [2.45, 2.75) is 0 Å². The molecule has 0 unspecified atom stereocenters. The van der Waals surface area contributed by atoms with Crippen molar-refractivity contribution in [3.8, 4) is 23.4 Å². The number of nitrogens with zero attached hydrogens (tertiary/aromatic N) is 2. The molecular formula is C15H11ClN2O3. The van der Waals surface area contributed by atoms with Crippen LogP contribution in [0.1, 0.15) is 0 Å². The molecule has 1 heterocycles. The number of halogens is 1. The second kappa shape index (κ2) is 5.46. The van der Waals surface area contributed by atoms with Gasteiger partial charge in [-0.2, -0.15) is 4.98 Å². The van der Waals surface area contributed by atoms with Crippen LogP contribution in [0.2, 0.25) is 5.02 Å². The van der Waals surface area contributed by atoms with E-state index in [2.05, 4.69) is 9.97 Å². The number of phenols is 1. The second-order valence-electron chi connectivity index (χ2n) is 4.31. The lowest BCUT2D eigenvalue weighted by atomic mass is 10.1. The monoisotopic (exact) mass is 302 g/mol. The first kappa shape index (κ1) is 13.5. The zero-order valence-corrected chi connectivity index (χ0v) is 11.8. The van der Waals surface area contributed by atoms with Gasteiger partial charge >= 0.3 is 6.01 Å². The van der Waals surface area contributed by atoms with E-state index in [0.717, 1.165) is 10.8 Å². The van der Waals surface area contributed by atoms with E-state index in [4.69, 9.17) is 21.1 Å². The molecule has 5 nitrogen and oxygen atoms in total. The number of hydrogen-bond donors (Lipinski definition) is 1. The summed E-state index contributed by atoms with van der Waals surface area (Å²) in [4.78, 5) is 7.93. The highest BCUT2D eigenvalue weighted by Gasteiger charge is 2.09. The number of ether oxygens (including phenoxy) is 2. The normalized spacial score (nSPS) is 10.6. The average molecular weight is 303 g/mol. The van der Waals surface area contributed by atoms with E-state index >= 15 is 0 Å². The summed E-state index contributed by atoms with van der Waals surface area (Å²) in [6.07, 6.45) is 1.41. The quantitative estimate of drug-likeness (QED) is 0.797. The molecule has 0 amide bonds. The molecule has 0 aliphatic heterocycles. The van der Waals surface area contributed by atoms with Crippen LogP contribution < -0.4 is 9.47 Å². The fraction of sp³-hybridized carbons (Fsp3) is 0.0667. The molecule has 0 saturated heterocycles. The summed E-state index contributed by atoms with van der Waals surface area (Å²) in [5.74, 6) is 0.958. The smallest absolute Gasteiger partial charge is 0.319 e. The second-order valence-corrected chi connectivity index (χ2v) is 4.71. The van der Waals surface area contributed by atoms with Crippen LogP contribution in [0.4, 0.5) is 0 Å². The highest BCUT2D eigenvalue weighted by molar-refractivity contribution is 6.31. The van der Waals surface area contributed by atoms with Gasteiger partial charge in [-0.25, -0.2) is 4.98 Å². The zero-order valence-electron chi connectivity index (χ0n) is 11.1. The molecule has 3 aromatic rings. The molecule has 0 spiro atoms. The number of methoxy groups -OCH3 is 1. The summed E-state index contributed by atoms with van der Waals surface area (Å²) in [7, 11) is 1.46. The van der Waals surface area contributed by atoms with Crippen LogP contribution in [-0.4, -0.2) is 22.2 Å². The molecule has 0 saturated carbocycles. The molecule has 1 N–H and O–H groups in total. The van der Waals surface area contributed by atoms with E-state index in [-0.39, 0.29) is 22.7 Å². The number of benzene rings is 2. The molecule has 0 aliphatic rings. The number of aromatic hydroxyl groups is 1. The Morgan fingerprint density at radius 2 is 1.90 bits per heavy atom. The average Bonchev–Trinajstić information content (AvgIpc) is 2.49. The van der Waals surface area contributed by atoms with E-state index < -0.39 is 0 Å². The van der Waals surface area contributed by atoms with Gasteiger partial charge in [0.05, 0.1) is 13.3 Å². The topological polar surface area (TPSA) is 64.5 Å². The van der Waals surface area contributed by atoms with Crippen molar-refractivity contribution < 1.29 is 14.6 Å². The predicted octanol–water partition coefficient (Wildman–Crippen LogP) is 3.79. The summed E-state index contributed by atoms with van der Waals surface area (Å²) in [5, 5.41) is 11.7. The molecule has 0 bridgehead atoms. The molecule has 0 atom stereocenters. The molecule has 6 heteroatoms. The predicted molar refractivity (Wildman–Crippen MR) is 79.3 cm³/mol. The van der Waals surface area contributed by atoms with Crippen LogP contribution in [0.15, 0.2) is 42.6 Å². The van der Waals surface area contributed by atoms with E-state index in [9.17, 15) is 5.11 Å². The highest BCUT2D eigenvalue weighted by Crippen LogP contribution is 2.30. The third-order valence-electron chi connectivity index (χ3n) is 2.88. The highest BCUT2D eigenvalue weighted by atomic mass is 35.5. The summed E-state index contributed by atoms with van der Waals surface area (Å²) < 4.78 is 10.6. The van der Waals surface area contributed by atoms with Gasteiger partial charge in [0.1, 0.15) is 16.5 Å². The third kappa shape index (κ3) is 2.83. The van der Waals surface area contributed by atoms with Gasteiger partial charge in [-0.1, -0.05) is 23.7 Å². The van der Waals surface area contributed by atoms with Crippen molar-refractivity contribution in [2.75, 3.05) is 7.11 Å². The maximum atomic E-state index is 9.52. The van der Waals surface area contributed by atoms with E-state index in [1.165, 1.54) is 13.3 Å². The fourth-order valence-electron chi connectivity index (χ4n) is 1.89. The number of rotatable bonds is 3.